The van der Waals surface area contributed by atoms with E-state index in [1.165, 1.54) is 0 Å². The third-order valence-electron chi connectivity index (χ3n) is 2.36. The smallest absolute Gasteiger partial charge is 0.336 e. The maximum absolute atomic E-state index is 11.3. The molecule has 0 saturated carbocycles. The Balaban J connectivity index is 0.00000128. The first-order valence-electron chi connectivity index (χ1n) is 4.57. The summed E-state index contributed by atoms with van der Waals surface area (Å²) in [5, 5.41) is 9.25. The number of nitrogens with one attached hydrogen (secondary N) is 1. The van der Waals surface area contributed by atoms with E-state index in [-0.39, 0.29) is 12.4 Å². The maximum atomic E-state index is 11.3. The minimum atomic E-state index is -1.26. The molecule has 0 radical (unpaired) electrons. The second kappa shape index (κ2) is 4.55. The van der Waals surface area contributed by atoms with E-state index >= 15 is 0 Å². The maximum Gasteiger partial charge on any atom is 0.336 e. The monoisotopic (exact) mass is 241 g/mol. The number of aliphatic carboxylic acids is 1. The molecule has 1 aliphatic rings. The number of allylic oxidation sites excluding steroid dienone is 1. The molecule has 1 aromatic rings. The molecule has 0 spiro atoms. The predicted octanol–water partition coefficient (Wildman–Crippen LogP) is 1.83. The topological polar surface area (TPSA) is 58.6 Å². The van der Waals surface area contributed by atoms with Crippen molar-refractivity contribution in [3.8, 4) is 0 Å². The van der Waals surface area contributed by atoms with Crippen molar-refractivity contribution >= 4 is 18.4 Å². The third-order valence-corrected chi connectivity index (χ3v) is 2.36. The summed E-state index contributed by atoms with van der Waals surface area (Å²) in [5.74, 6) is -0.424. The Bertz CT molecular complexity index is 418. The van der Waals surface area contributed by atoms with Gasteiger partial charge in [-0.15, -0.1) is 17.9 Å². The average molecular weight is 242 g/mol. The van der Waals surface area contributed by atoms with Crippen LogP contribution in [0.5, 0.6) is 0 Å². The Morgan fingerprint density at radius 3 is 2.44 bits per heavy atom. The van der Waals surface area contributed by atoms with Crippen molar-refractivity contribution in [2.45, 2.75) is 12.5 Å². The van der Waals surface area contributed by atoms with Crippen molar-refractivity contribution in [2.75, 3.05) is 0 Å². The summed E-state index contributed by atoms with van der Waals surface area (Å²) in [6.07, 6.45) is 1.56. The van der Waals surface area contributed by atoms with Gasteiger partial charge in [0.15, 0.2) is 5.54 Å². The molecule has 16 heavy (non-hydrogen) atoms. The highest BCUT2D eigenvalue weighted by Crippen LogP contribution is 2.29. The first-order chi connectivity index (χ1) is 7.15. The molecule has 4 nitrogen and oxygen atoms in total. The number of carboxylic acid groups (broad SMARTS) is 1. The lowest BCUT2D eigenvalue weighted by Gasteiger charge is -2.21. The lowest BCUT2D eigenvalue weighted by Crippen LogP contribution is -2.43. The lowest BCUT2D eigenvalue weighted by atomic mass is 9.91. The Morgan fingerprint density at radius 2 is 2.00 bits per heavy atom. The van der Waals surface area contributed by atoms with Crippen molar-refractivity contribution in [3.63, 3.8) is 0 Å². The quantitative estimate of drug-likeness (QED) is 0.829. The number of rotatable bonds is 2. The van der Waals surface area contributed by atoms with Crippen molar-refractivity contribution < 1.29 is 14.7 Å². The fourth-order valence-electron chi connectivity index (χ4n) is 1.60. The van der Waals surface area contributed by atoms with Gasteiger partial charge in [-0.25, -0.2) is 4.79 Å². The number of carboxylic acids is 1. The summed E-state index contributed by atoms with van der Waals surface area (Å²) < 4.78 is 0. The summed E-state index contributed by atoms with van der Waals surface area (Å²) >= 11 is 0. The molecule has 1 unspecified atom stereocenters. The predicted molar refractivity (Wildman–Crippen MR) is 61.0 cm³/mol. The van der Waals surface area contributed by atoms with Crippen LogP contribution in [0.25, 0.3) is 0 Å². The SMILES string of the molecule is CC1=CC(C(=O)O)(c2ccccc2)NO1.Cl. The van der Waals surface area contributed by atoms with Crippen molar-refractivity contribution in [2.24, 2.45) is 0 Å². The minimum Gasteiger partial charge on any atom is -0.479 e. The second-order valence-electron chi connectivity index (χ2n) is 3.44. The van der Waals surface area contributed by atoms with Crippen LogP contribution in [0.15, 0.2) is 42.2 Å². The molecule has 1 atom stereocenters. The largest absolute Gasteiger partial charge is 0.479 e. The molecule has 1 aliphatic heterocycles. The van der Waals surface area contributed by atoms with Crippen LogP contribution >= 0.6 is 12.4 Å². The molecule has 2 N–H and O–H groups in total. The van der Waals surface area contributed by atoms with Crippen LogP contribution in [0.2, 0.25) is 0 Å². The number of carbonyl (C=O) groups is 1. The van der Waals surface area contributed by atoms with Gasteiger partial charge in [0.25, 0.3) is 0 Å². The van der Waals surface area contributed by atoms with Gasteiger partial charge >= 0.3 is 5.97 Å². The zero-order chi connectivity index (χ0) is 10.9. The Morgan fingerprint density at radius 1 is 1.38 bits per heavy atom. The van der Waals surface area contributed by atoms with Gasteiger partial charge in [0.1, 0.15) is 5.76 Å². The fourth-order valence-corrected chi connectivity index (χ4v) is 1.60. The van der Waals surface area contributed by atoms with Crippen molar-refractivity contribution in [3.05, 3.63) is 47.7 Å². The van der Waals surface area contributed by atoms with Gasteiger partial charge < -0.3 is 9.94 Å². The summed E-state index contributed by atoms with van der Waals surface area (Å²) in [7, 11) is 0. The van der Waals surface area contributed by atoms with E-state index in [4.69, 9.17) is 4.84 Å². The van der Waals surface area contributed by atoms with Crippen LogP contribution in [0.3, 0.4) is 0 Å². The Kier molecular flexibility index (Phi) is 3.57. The van der Waals surface area contributed by atoms with E-state index in [9.17, 15) is 9.90 Å². The summed E-state index contributed by atoms with van der Waals surface area (Å²) in [6, 6.07) is 8.93. The number of hydrogen-bond acceptors (Lipinski definition) is 3. The van der Waals surface area contributed by atoms with Crippen LogP contribution in [-0.2, 0) is 15.2 Å². The van der Waals surface area contributed by atoms with Gasteiger partial charge in [0.2, 0.25) is 0 Å². The number of hydrogen-bond donors (Lipinski definition) is 2. The molecule has 0 amide bonds. The van der Waals surface area contributed by atoms with Crippen molar-refractivity contribution in [1.82, 2.24) is 5.48 Å². The van der Waals surface area contributed by atoms with Gasteiger partial charge in [0.05, 0.1) is 0 Å². The van der Waals surface area contributed by atoms with Crippen molar-refractivity contribution in [1.29, 1.82) is 0 Å². The number of hydroxylamine groups is 1. The molecule has 0 fully saturated rings. The van der Waals surface area contributed by atoms with Crippen LogP contribution < -0.4 is 5.48 Å². The Labute approximate surface area is 99.3 Å². The highest BCUT2D eigenvalue weighted by atomic mass is 35.5. The molecule has 2 rings (SSSR count). The number of benzene rings is 1. The highest BCUT2D eigenvalue weighted by Gasteiger charge is 2.43. The van der Waals surface area contributed by atoms with Crippen LogP contribution in [0.4, 0.5) is 0 Å². The van der Waals surface area contributed by atoms with E-state index < -0.39 is 11.5 Å². The normalized spacial score (nSPS) is 22.9. The van der Waals surface area contributed by atoms with Crippen LogP contribution in [-0.4, -0.2) is 11.1 Å². The van der Waals surface area contributed by atoms with E-state index in [0.717, 1.165) is 0 Å². The van der Waals surface area contributed by atoms with E-state index in [1.54, 1.807) is 37.3 Å². The third kappa shape index (κ3) is 1.89. The summed E-state index contributed by atoms with van der Waals surface area (Å²) in [5.41, 5.74) is 1.93. The van der Waals surface area contributed by atoms with E-state index in [1.807, 2.05) is 6.07 Å². The first kappa shape index (κ1) is 12.5. The summed E-state index contributed by atoms with van der Waals surface area (Å²) in [4.78, 5) is 16.3. The zero-order valence-electron chi connectivity index (χ0n) is 8.64. The van der Waals surface area contributed by atoms with Gasteiger partial charge in [-0.3, -0.25) is 0 Å². The lowest BCUT2D eigenvalue weighted by molar-refractivity contribution is -0.146. The molecule has 0 bridgehead atoms. The second-order valence-corrected chi connectivity index (χ2v) is 3.44. The minimum absolute atomic E-state index is 0. The molecule has 86 valence electrons. The molecule has 5 heteroatoms. The first-order valence-corrected chi connectivity index (χ1v) is 4.57. The fraction of sp³-hybridized carbons (Fsp3) is 0.182. The summed E-state index contributed by atoms with van der Waals surface area (Å²) in [6.45, 7) is 1.71. The molecule has 0 aromatic heterocycles. The van der Waals surface area contributed by atoms with E-state index in [0.29, 0.717) is 11.3 Å². The zero-order valence-corrected chi connectivity index (χ0v) is 9.45. The molecular formula is C11H12ClNO3. The van der Waals surface area contributed by atoms with Gasteiger partial charge in [-0.05, 0) is 18.6 Å². The standard InChI is InChI=1S/C11H11NO3.ClH/c1-8-7-11(10(13)14,12-15-8)9-5-3-2-4-6-9;/h2-7,12H,1H3,(H,13,14);1H. The van der Waals surface area contributed by atoms with Gasteiger partial charge in [0, 0.05) is 0 Å². The molecular weight excluding hydrogens is 230 g/mol. The van der Waals surface area contributed by atoms with Crippen LogP contribution in [0, 0.1) is 0 Å². The van der Waals surface area contributed by atoms with Crippen LogP contribution in [0.1, 0.15) is 12.5 Å². The highest BCUT2D eigenvalue weighted by molar-refractivity contribution is 5.85. The van der Waals surface area contributed by atoms with E-state index in [2.05, 4.69) is 5.48 Å². The Hall–Kier alpha value is -1.52. The van der Waals surface area contributed by atoms with Gasteiger partial charge in [-0.1, -0.05) is 30.3 Å². The molecule has 0 aliphatic carbocycles. The van der Waals surface area contributed by atoms with Gasteiger partial charge in [-0.2, -0.15) is 0 Å². The molecule has 0 saturated heterocycles. The molecule has 1 heterocycles. The average Bonchev–Trinajstić information content (AvgIpc) is 2.63. The molecule has 1 aromatic carbocycles. The number of halogens is 1.